The van der Waals surface area contributed by atoms with Crippen molar-refractivity contribution < 1.29 is 64.6 Å². The van der Waals surface area contributed by atoms with Crippen molar-refractivity contribution in [3.8, 4) is 0 Å². The van der Waals surface area contributed by atoms with E-state index < -0.39 is 86.8 Å². The molecule has 2 aliphatic heterocycles. The van der Waals surface area contributed by atoms with Gasteiger partial charge in [0.15, 0.2) is 12.6 Å². The first-order chi connectivity index (χ1) is 47.1. The minimum Gasteiger partial charge on any atom is -0.394 e. The van der Waals surface area contributed by atoms with Gasteiger partial charge in [0, 0.05) is 6.42 Å². The highest BCUT2D eigenvalue weighted by atomic mass is 16.7. The van der Waals surface area contributed by atoms with Crippen molar-refractivity contribution in [1.82, 2.24) is 5.32 Å². The summed E-state index contributed by atoms with van der Waals surface area (Å²) in [5.74, 6) is -0.259. The lowest BCUT2D eigenvalue weighted by Crippen LogP contribution is -2.65. The van der Waals surface area contributed by atoms with Gasteiger partial charge in [-0.25, -0.2) is 0 Å². The first kappa shape index (κ1) is 88.2. The largest absolute Gasteiger partial charge is 0.394 e. The summed E-state index contributed by atoms with van der Waals surface area (Å²) in [6.45, 7) is 2.68. The Morgan fingerprint density at radius 3 is 1.15 bits per heavy atom. The average molecular weight is 1350 g/mol. The molecule has 0 bridgehead atoms. The van der Waals surface area contributed by atoms with Crippen LogP contribution in [0.4, 0.5) is 0 Å². The molecule has 2 heterocycles. The summed E-state index contributed by atoms with van der Waals surface area (Å²) in [7, 11) is 0. The molecule has 2 rings (SSSR count). The van der Waals surface area contributed by atoms with Crippen molar-refractivity contribution in [2.24, 2.45) is 0 Å². The van der Waals surface area contributed by atoms with Gasteiger partial charge in [0.2, 0.25) is 5.91 Å². The zero-order valence-electron chi connectivity index (χ0n) is 60.1. The fourth-order valence-electron chi connectivity index (χ4n) is 11.8. The van der Waals surface area contributed by atoms with Crippen LogP contribution in [0, 0.1) is 0 Å². The van der Waals surface area contributed by atoms with Gasteiger partial charge in [-0.05, 0) is 109 Å². The van der Waals surface area contributed by atoms with Gasteiger partial charge < -0.3 is 65.1 Å². The molecule has 14 nitrogen and oxygen atoms in total. The minimum absolute atomic E-state index is 0.259. The predicted molar refractivity (Wildman–Crippen MR) is 396 cm³/mol. The lowest BCUT2D eigenvalue weighted by molar-refractivity contribution is -0.359. The molecule has 0 saturated carbocycles. The fourth-order valence-corrected chi connectivity index (χ4v) is 11.8. The van der Waals surface area contributed by atoms with Crippen LogP contribution < -0.4 is 5.32 Å². The Kier molecular flexibility index (Phi) is 59.3. The Morgan fingerprint density at radius 1 is 0.385 bits per heavy atom. The number of hydrogen-bond donors (Lipinski definition) is 9. The van der Waals surface area contributed by atoms with E-state index in [0.717, 1.165) is 103 Å². The van der Waals surface area contributed by atoms with Gasteiger partial charge >= 0.3 is 0 Å². The summed E-state index contributed by atoms with van der Waals surface area (Å²) < 4.78 is 22.9. The molecule has 0 spiro atoms. The molecular weight excluding hydrogens is 1210 g/mol. The smallest absolute Gasteiger partial charge is 0.220 e. The van der Waals surface area contributed by atoms with Gasteiger partial charge in [-0.2, -0.15) is 0 Å². The van der Waals surface area contributed by atoms with E-state index in [0.29, 0.717) is 12.8 Å². The first-order valence-corrected chi connectivity index (χ1v) is 38.4. The van der Waals surface area contributed by atoms with E-state index >= 15 is 0 Å². The molecule has 9 N–H and O–H groups in total. The topological polar surface area (TPSA) is 228 Å². The van der Waals surface area contributed by atoms with Crippen LogP contribution in [0.25, 0.3) is 0 Å². The lowest BCUT2D eigenvalue weighted by Gasteiger charge is -2.46. The van der Waals surface area contributed by atoms with Gasteiger partial charge in [-0.1, -0.05) is 302 Å². The standard InChI is InChI=1S/C82H139NO13/c1-3-5-7-9-11-13-15-17-19-21-23-25-27-29-30-31-32-33-34-35-36-37-38-39-40-42-44-46-48-50-52-54-56-58-60-62-64-66-74(87)83-70(69-93-81-79(92)77(90)80(73(68-85)95-81)96-82-78(91)76(89)75(88)72(67-84)94-82)71(86)65-63-61-59-57-55-53-51-49-47-45-43-41-28-26-24-22-20-18-16-14-12-10-8-6-4-2/h5,7,11,13,17,19,23,25,29-30,32-33,35-36,38-39,47,49,55,57,63,65,70-73,75-82,84-86,88-92H,3-4,6,8-10,12,14-16,18,20-22,24,26-28,31,34,37,40-46,48,50-54,56,58-62,64,66-69H2,1-2H3,(H,83,87)/b7-5-,13-11-,19-17-,25-23-,30-29-,33-32-,36-35-,39-38-,49-47+,57-55+,65-63+. The van der Waals surface area contributed by atoms with E-state index in [1.165, 1.54) is 148 Å². The van der Waals surface area contributed by atoms with E-state index in [4.69, 9.17) is 18.9 Å². The van der Waals surface area contributed by atoms with Crippen molar-refractivity contribution in [1.29, 1.82) is 0 Å². The van der Waals surface area contributed by atoms with Crippen LogP contribution in [0.1, 0.15) is 284 Å². The van der Waals surface area contributed by atoms with Crippen molar-refractivity contribution in [3.63, 3.8) is 0 Å². The highest BCUT2D eigenvalue weighted by Crippen LogP contribution is 2.30. The van der Waals surface area contributed by atoms with Crippen molar-refractivity contribution >= 4 is 5.91 Å². The van der Waals surface area contributed by atoms with Gasteiger partial charge in [-0.3, -0.25) is 4.79 Å². The average Bonchev–Trinajstić information content (AvgIpc) is 0.857. The molecule has 0 aromatic carbocycles. The molecule has 2 fully saturated rings. The fraction of sp³-hybridized carbons (Fsp3) is 0.720. The summed E-state index contributed by atoms with van der Waals surface area (Å²) >= 11 is 0. The summed E-state index contributed by atoms with van der Waals surface area (Å²) in [6, 6.07) is -0.950. The van der Waals surface area contributed by atoms with Crippen molar-refractivity contribution in [2.75, 3.05) is 19.8 Å². The third kappa shape index (κ3) is 47.2. The molecule has 550 valence electrons. The van der Waals surface area contributed by atoms with Gasteiger partial charge in [0.05, 0.1) is 32.0 Å². The zero-order valence-corrected chi connectivity index (χ0v) is 60.1. The maximum absolute atomic E-state index is 13.4. The third-order valence-electron chi connectivity index (χ3n) is 17.8. The molecular formula is C82H139NO13. The van der Waals surface area contributed by atoms with E-state index in [9.17, 15) is 45.6 Å². The molecule has 0 aliphatic carbocycles. The second-order valence-corrected chi connectivity index (χ2v) is 26.4. The quantitative estimate of drug-likeness (QED) is 0.0204. The first-order valence-electron chi connectivity index (χ1n) is 38.4. The SMILES string of the molecule is CC/C=C\C/C=C\C/C=C\C/C=C\C/C=C\C/C=C\C/C=C\C/C=C\CCCCCCCCCCCCCCC(=O)NC(COC1OC(CO)C(OC2OC(CO)C(O)C(O)C2O)C(O)C1O)C(O)/C=C/CC/C=C/CC/C=C/CCCCCCCCCCCCCCCCC. The van der Waals surface area contributed by atoms with E-state index in [1.807, 2.05) is 6.08 Å². The zero-order chi connectivity index (χ0) is 69.4. The van der Waals surface area contributed by atoms with Gasteiger partial charge in [0.1, 0.15) is 48.8 Å². The number of carbonyl (C=O) groups excluding carboxylic acids is 1. The molecule has 2 saturated heterocycles. The van der Waals surface area contributed by atoms with Crippen LogP contribution in [0.2, 0.25) is 0 Å². The Hall–Kier alpha value is -3.87. The van der Waals surface area contributed by atoms with E-state index in [-0.39, 0.29) is 18.9 Å². The Balaban J connectivity index is 1.66. The lowest BCUT2D eigenvalue weighted by atomic mass is 9.97. The van der Waals surface area contributed by atoms with Crippen molar-refractivity contribution in [2.45, 2.75) is 357 Å². The third-order valence-corrected chi connectivity index (χ3v) is 17.8. The number of unbranched alkanes of at least 4 members (excludes halogenated alkanes) is 29. The number of nitrogens with one attached hydrogen (secondary N) is 1. The molecule has 0 radical (unpaired) electrons. The molecule has 1 amide bonds. The summed E-state index contributed by atoms with van der Waals surface area (Å²) in [5, 5.41) is 87.6. The molecule has 2 aliphatic rings. The summed E-state index contributed by atoms with van der Waals surface area (Å²) in [6.07, 6.45) is 79.4. The number of rotatable bonds is 62. The van der Waals surface area contributed by atoms with Crippen LogP contribution in [-0.4, -0.2) is 140 Å². The monoisotopic (exact) mass is 1350 g/mol. The van der Waals surface area contributed by atoms with Crippen LogP contribution in [0.15, 0.2) is 134 Å². The Bertz CT molecular complexity index is 2130. The molecule has 12 atom stereocenters. The number of allylic oxidation sites excluding steroid dienone is 21. The van der Waals surface area contributed by atoms with Crippen LogP contribution in [0.5, 0.6) is 0 Å². The van der Waals surface area contributed by atoms with Gasteiger partial charge in [-0.15, -0.1) is 0 Å². The second-order valence-electron chi connectivity index (χ2n) is 26.4. The number of ether oxygens (including phenoxy) is 4. The molecule has 0 aromatic rings. The number of aliphatic hydroxyl groups excluding tert-OH is 8. The van der Waals surface area contributed by atoms with Crippen LogP contribution in [-0.2, 0) is 23.7 Å². The number of hydrogen-bond acceptors (Lipinski definition) is 13. The molecule has 14 heteroatoms. The number of aliphatic hydroxyl groups is 8. The highest BCUT2D eigenvalue weighted by molar-refractivity contribution is 5.76. The van der Waals surface area contributed by atoms with Gasteiger partial charge in [0.25, 0.3) is 0 Å². The number of amides is 1. The Morgan fingerprint density at radius 2 is 0.729 bits per heavy atom. The minimum atomic E-state index is -1.80. The summed E-state index contributed by atoms with van der Waals surface area (Å²) in [4.78, 5) is 13.4. The van der Waals surface area contributed by atoms with Crippen LogP contribution in [0.3, 0.4) is 0 Å². The molecule has 96 heavy (non-hydrogen) atoms. The highest BCUT2D eigenvalue weighted by Gasteiger charge is 2.51. The van der Waals surface area contributed by atoms with E-state index in [2.05, 4.69) is 141 Å². The van der Waals surface area contributed by atoms with E-state index in [1.54, 1.807) is 6.08 Å². The Labute approximate surface area is 583 Å². The second kappa shape index (κ2) is 64.5. The molecule has 12 unspecified atom stereocenters. The van der Waals surface area contributed by atoms with Crippen LogP contribution >= 0.6 is 0 Å². The predicted octanol–water partition coefficient (Wildman–Crippen LogP) is 17.0. The number of carbonyl (C=O) groups is 1. The maximum atomic E-state index is 13.4. The van der Waals surface area contributed by atoms with Crippen molar-refractivity contribution in [3.05, 3.63) is 134 Å². The normalized spacial score (nSPS) is 23.0. The maximum Gasteiger partial charge on any atom is 0.220 e. The summed E-state index contributed by atoms with van der Waals surface area (Å²) in [5.41, 5.74) is 0. The molecule has 0 aromatic heterocycles.